The highest BCUT2D eigenvalue weighted by atomic mass is 16.5. The van der Waals surface area contributed by atoms with Crippen molar-refractivity contribution < 1.29 is 14.3 Å². The van der Waals surface area contributed by atoms with Gasteiger partial charge in [-0.3, -0.25) is 9.59 Å². The zero-order valence-corrected chi connectivity index (χ0v) is 9.62. The number of rotatable bonds is 7. The summed E-state index contributed by atoms with van der Waals surface area (Å²) in [6.45, 7) is 4.09. The van der Waals surface area contributed by atoms with Gasteiger partial charge in [-0.15, -0.1) is 0 Å². The lowest BCUT2D eigenvalue weighted by Gasteiger charge is -2.13. The van der Waals surface area contributed by atoms with E-state index in [0.29, 0.717) is 25.4 Å². The van der Waals surface area contributed by atoms with Crippen molar-refractivity contribution in [3.05, 3.63) is 0 Å². The minimum atomic E-state index is -0.489. The topological polar surface area (TPSA) is 43.4 Å². The molecule has 0 radical (unpaired) electrons. The van der Waals surface area contributed by atoms with E-state index in [1.165, 1.54) is 0 Å². The van der Waals surface area contributed by atoms with E-state index in [9.17, 15) is 9.59 Å². The van der Waals surface area contributed by atoms with Crippen molar-refractivity contribution in [2.75, 3.05) is 6.61 Å². The van der Waals surface area contributed by atoms with Crippen LogP contribution in [0.3, 0.4) is 0 Å². The molecule has 0 saturated heterocycles. The van der Waals surface area contributed by atoms with E-state index in [1.54, 1.807) is 6.92 Å². The summed E-state index contributed by atoms with van der Waals surface area (Å²) in [4.78, 5) is 23.3. The molecule has 0 unspecified atom stereocenters. The van der Waals surface area contributed by atoms with Crippen molar-refractivity contribution in [2.45, 2.75) is 46.0 Å². The highest BCUT2D eigenvalue weighted by Gasteiger charge is 2.34. The largest absolute Gasteiger partial charge is 0.465 e. The third-order valence-corrected chi connectivity index (χ3v) is 2.72. The summed E-state index contributed by atoms with van der Waals surface area (Å²) in [7, 11) is 0. The summed E-state index contributed by atoms with van der Waals surface area (Å²) in [5.41, 5.74) is 0. The van der Waals surface area contributed by atoms with E-state index in [2.05, 4.69) is 0 Å². The maximum Gasteiger partial charge on any atom is 0.316 e. The average Bonchev–Trinajstić information content (AvgIpc) is 2.98. The normalized spacial score (nSPS) is 17.2. The molecular formula is C12H20O3. The van der Waals surface area contributed by atoms with Crippen LogP contribution in [-0.4, -0.2) is 18.4 Å². The third kappa shape index (κ3) is 4.02. The number of ketones is 1. The van der Waals surface area contributed by atoms with Crippen molar-refractivity contribution in [1.29, 1.82) is 0 Å². The van der Waals surface area contributed by atoms with Crippen molar-refractivity contribution in [2.24, 2.45) is 11.8 Å². The summed E-state index contributed by atoms with van der Waals surface area (Å²) in [5, 5.41) is 0. The Hall–Kier alpha value is -0.860. The molecule has 0 aliphatic heterocycles. The molecule has 15 heavy (non-hydrogen) atoms. The first-order valence-electron chi connectivity index (χ1n) is 5.88. The lowest BCUT2D eigenvalue weighted by molar-refractivity contribution is -0.152. The number of ether oxygens (including phenoxy) is 1. The van der Waals surface area contributed by atoms with E-state index in [-0.39, 0.29) is 11.8 Å². The van der Waals surface area contributed by atoms with Gasteiger partial charge in [0.15, 0.2) is 0 Å². The second-order valence-corrected chi connectivity index (χ2v) is 4.20. The predicted molar refractivity (Wildman–Crippen MR) is 57.4 cm³/mol. The summed E-state index contributed by atoms with van der Waals surface area (Å²) >= 11 is 0. The van der Waals surface area contributed by atoms with Crippen molar-refractivity contribution >= 4 is 11.8 Å². The number of esters is 1. The molecule has 86 valence electrons. The molecule has 0 heterocycles. The molecule has 0 bridgehead atoms. The van der Waals surface area contributed by atoms with E-state index in [0.717, 1.165) is 19.3 Å². The Labute approximate surface area is 91.2 Å². The molecule has 0 N–H and O–H groups in total. The van der Waals surface area contributed by atoms with Gasteiger partial charge in [-0.25, -0.2) is 0 Å². The molecule has 1 fully saturated rings. The van der Waals surface area contributed by atoms with Crippen LogP contribution in [0.15, 0.2) is 0 Å². The van der Waals surface area contributed by atoms with Gasteiger partial charge in [0, 0.05) is 6.42 Å². The number of Topliss-reactive ketones (excluding diaryl/α,β-unsaturated/α-hetero) is 1. The fourth-order valence-electron chi connectivity index (χ4n) is 1.71. The highest BCUT2D eigenvalue weighted by Crippen LogP contribution is 2.36. The van der Waals surface area contributed by atoms with Gasteiger partial charge < -0.3 is 4.74 Å². The minimum absolute atomic E-state index is 0.0582. The van der Waals surface area contributed by atoms with Gasteiger partial charge in [0.05, 0.1) is 6.61 Å². The molecule has 0 aromatic rings. The van der Waals surface area contributed by atoms with E-state index in [4.69, 9.17) is 4.74 Å². The maximum absolute atomic E-state index is 11.7. The molecule has 0 aromatic carbocycles. The second-order valence-electron chi connectivity index (χ2n) is 4.20. The first-order chi connectivity index (χ1) is 7.19. The van der Waals surface area contributed by atoms with Gasteiger partial charge in [-0.1, -0.05) is 19.8 Å². The van der Waals surface area contributed by atoms with Crippen LogP contribution in [0.2, 0.25) is 0 Å². The number of carbonyl (C=O) groups is 2. The molecule has 1 atom stereocenters. The van der Waals surface area contributed by atoms with Crippen LogP contribution in [0, 0.1) is 11.8 Å². The van der Waals surface area contributed by atoms with Crippen molar-refractivity contribution in [3.63, 3.8) is 0 Å². The summed E-state index contributed by atoms with van der Waals surface area (Å²) in [6.07, 6.45) is 4.33. The molecule has 0 aromatic heterocycles. The van der Waals surface area contributed by atoms with E-state index in [1.807, 2.05) is 6.92 Å². The van der Waals surface area contributed by atoms with Crippen LogP contribution in [0.25, 0.3) is 0 Å². The van der Waals surface area contributed by atoms with Crippen LogP contribution in [0.4, 0.5) is 0 Å². The fourth-order valence-corrected chi connectivity index (χ4v) is 1.71. The second kappa shape index (κ2) is 5.89. The summed E-state index contributed by atoms with van der Waals surface area (Å²) in [5.74, 6) is -0.164. The molecule has 3 nitrogen and oxygen atoms in total. The van der Waals surface area contributed by atoms with Crippen LogP contribution < -0.4 is 0 Å². The van der Waals surface area contributed by atoms with Gasteiger partial charge in [0.25, 0.3) is 0 Å². The molecule has 1 saturated carbocycles. The van der Waals surface area contributed by atoms with Crippen molar-refractivity contribution in [1.82, 2.24) is 0 Å². The Morgan fingerprint density at radius 2 is 2.00 bits per heavy atom. The lowest BCUT2D eigenvalue weighted by Crippen LogP contribution is -2.26. The van der Waals surface area contributed by atoms with Crippen LogP contribution in [0.1, 0.15) is 46.0 Å². The minimum Gasteiger partial charge on any atom is -0.465 e. The van der Waals surface area contributed by atoms with E-state index >= 15 is 0 Å². The standard InChI is InChI=1S/C12H20O3/c1-3-5-11(13)10(8-9-6-7-9)12(14)15-4-2/h9-10H,3-8H2,1-2H3/t10-/m0/s1. The van der Waals surface area contributed by atoms with Crippen LogP contribution >= 0.6 is 0 Å². The first-order valence-corrected chi connectivity index (χ1v) is 5.88. The first kappa shape index (κ1) is 12.2. The zero-order chi connectivity index (χ0) is 11.3. The van der Waals surface area contributed by atoms with Gasteiger partial charge in [-0.2, -0.15) is 0 Å². The molecular weight excluding hydrogens is 192 g/mol. The summed E-state index contributed by atoms with van der Waals surface area (Å²) < 4.78 is 4.94. The predicted octanol–water partition coefficient (Wildman–Crippen LogP) is 2.33. The Kier molecular flexibility index (Phi) is 4.79. The van der Waals surface area contributed by atoms with Crippen LogP contribution in [-0.2, 0) is 14.3 Å². The SMILES string of the molecule is CCCC(=O)[C@H](CC1CC1)C(=O)OCC. The van der Waals surface area contributed by atoms with Gasteiger partial charge in [-0.05, 0) is 25.7 Å². The fraction of sp³-hybridized carbons (Fsp3) is 0.833. The lowest BCUT2D eigenvalue weighted by atomic mass is 9.95. The quantitative estimate of drug-likeness (QED) is 0.480. The maximum atomic E-state index is 11.7. The van der Waals surface area contributed by atoms with Gasteiger partial charge in [0.2, 0.25) is 0 Å². The van der Waals surface area contributed by atoms with Crippen LogP contribution in [0.5, 0.6) is 0 Å². The van der Waals surface area contributed by atoms with E-state index < -0.39 is 5.92 Å². The molecule has 3 heteroatoms. The number of hydrogen-bond acceptors (Lipinski definition) is 3. The smallest absolute Gasteiger partial charge is 0.316 e. The molecule has 1 rings (SSSR count). The molecule has 0 amide bonds. The zero-order valence-electron chi connectivity index (χ0n) is 9.62. The molecule has 1 aliphatic carbocycles. The Bertz CT molecular complexity index is 213. The third-order valence-electron chi connectivity index (χ3n) is 2.72. The van der Waals surface area contributed by atoms with Gasteiger partial charge in [0.1, 0.15) is 11.7 Å². The van der Waals surface area contributed by atoms with Crippen molar-refractivity contribution in [3.8, 4) is 0 Å². The monoisotopic (exact) mass is 212 g/mol. The Morgan fingerprint density at radius 1 is 1.33 bits per heavy atom. The Balaban J connectivity index is 2.49. The number of carbonyl (C=O) groups excluding carboxylic acids is 2. The summed E-state index contributed by atoms with van der Waals surface area (Å²) in [6, 6.07) is 0. The van der Waals surface area contributed by atoms with Gasteiger partial charge >= 0.3 is 5.97 Å². The Morgan fingerprint density at radius 3 is 2.47 bits per heavy atom. The average molecular weight is 212 g/mol. The number of hydrogen-bond donors (Lipinski definition) is 0. The molecule has 1 aliphatic rings. The highest BCUT2D eigenvalue weighted by molar-refractivity contribution is 5.98. The molecule has 0 spiro atoms.